The van der Waals surface area contributed by atoms with Gasteiger partial charge in [0.15, 0.2) is 0 Å². The second kappa shape index (κ2) is 5.93. The van der Waals surface area contributed by atoms with Crippen molar-refractivity contribution in [1.82, 2.24) is 4.90 Å². The van der Waals surface area contributed by atoms with Crippen molar-refractivity contribution < 1.29 is 9.90 Å². The van der Waals surface area contributed by atoms with E-state index in [2.05, 4.69) is 4.90 Å². The first kappa shape index (κ1) is 14.4. The van der Waals surface area contributed by atoms with Crippen LogP contribution in [0.5, 0.6) is 0 Å². The Morgan fingerprint density at radius 2 is 1.89 bits per heavy atom. The van der Waals surface area contributed by atoms with E-state index in [1.165, 1.54) is 5.56 Å². The van der Waals surface area contributed by atoms with E-state index < -0.39 is 11.4 Å². The van der Waals surface area contributed by atoms with Crippen LogP contribution >= 0.6 is 11.6 Å². The van der Waals surface area contributed by atoms with Crippen LogP contribution in [-0.4, -0.2) is 29.1 Å². The van der Waals surface area contributed by atoms with Gasteiger partial charge in [-0.25, -0.2) is 0 Å². The predicted molar refractivity (Wildman–Crippen MR) is 76.3 cm³/mol. The number of likely N-dealkylation sites (tertiary alicyclic amines) is 1. The van der Waals surface area contributed by atoms with Gasteiger partial charge >= 0.3 is 5.97 Å². The molecule has 0 aliphatic carbocycles. The summed E-state index contributed by atoms with van der Waals surface area (Å²) in [4.78, 5) is 13.7. The molecule has 0 amide bonds. The van der Waals surface area contributed by atoms with Gasteiger partial charge in [-0.3, -0.25) is 9.69 Å². The molecule has 1 N–H and O–H groups in total. The monoisotopic (exact) mass is 281 g/mol. The molecule has 0 atom stereocenters. The lowest BCUT2D eigenvalue weighted by Gasteiger charge is -2.38. The van der Waals surface area contributed by atoms with Crippen molar-refractivity contribution >= 4 is 17.6 Å². The molecule has 1 aromatic rings. The average Bonchev–Trinajstić information content (AvgIpc) is 2.42. The van der Waals surface area contributed by atoms with E-state index in [0.29, 0.717) is 0 Å². The van der Waals surface area contributed by atoms with E-state index in [1.807, 2.05) is 31.2 Å². The summed E-state index contributed by atoms with van der Waals surface area (Å²) in [5, 5.41) is 10.1. The number of hydrogen-bond acceptors (Lipinski definition) is 2. The molecule has 4 heteroatoms. The largest absolute Gasteiger partial charge is 0.481 e. The minimum absolute atomic E-state index is 0.503. The fourth-order valence-electron chi connectivity index (χ4n) is 2.71. The Balaban J connectivity index is 1.93. The summed E-state index contributed by atoms with van der Waals surface area (Å²) in [6, 6.07) is 7.85. The van der Waals surface area contributed by atoms with Gasteiger partial charge in [-0.15, -0.1) is 0 Å². The van der Waals surface area contributed by atoms with Crippen molar-refractivity contribution in [3.63, 3.8) is 0 Å². The molecule has 1 aliphatic rings. The molecule has 1 aliphatic heterocycles. The van der Waals surface area contributed by atoms with Crippen LogP contribution in [0.4, 0.5) is 0 Å². The molecule has 0 saturated carbocycles. The zero-order valence-electron chi connectivity index (χ0n) is 11.2. The lowest BCUT2D eigenvalue weighted by atomic mass is 9.76. The lowest BCUT2D eigenvalue weighted by Crippen LogP contribution is -2.43. The molecule has 3 nitrogen and oxygen atoms in total. The molecule has 1 saturated heterocycles. The van der Waals surface area contributed by atoms with E-state index >= 15 is 0 Å². The van der Waals surface area contributed by atoms with Crippen LogP contribution in [0.1, 0.15) is 31.7 Å². The van der Waals surface area contributed by atoms with Crippen LogP contribution in [0.15, 0.2) is 24.3 Å². The fourth-order valence-corrected chi connectivity index (χ4v) is 2.83. The second-order valence-electron chi connectivity index (χ2n) is 5.34. The van der Waals surface area contributed by atoms with Crippen LogP contribution in [0.2, 0.25) is 5.02 Å². The molecular weight excluding hydrogens is 262 g/mol. The smallest absolute Gasteiger partial charge is 0.309 e. The maximum absolute atomic E-state index is 11.4. The highest BCUT2D eigenvalue weighted by Gasteiger charge is 2.39. The van der Waals surface area contributed by atoms with E-state index in [0.717, 1.165) is 43.9 Å². The third-order valence-corrected chi connectivity index (χ3v) is 4.52. The molecular formula is C15H20ClNO2. The number of aliphatic carboxylic acids is 1. The lowest BCUT2D eigenvalue weighted by molar-refractivity contribution is -0.152. The quantitative estimate of drug-likeness (QED) is 0.919. The maximum Gasteiger partial charge on any atom is 0.309 e. The van der Waals surface area contributed by atoms with Crippen LogP contribution in [0.25, 0.3) is 0 Å². The first-order valence-corrected chi connectivity index (χ1v) is 7.14. The van der Waals surface area contributed by atoms with Crippen LogP contribution in [0, 0.1) is 5.41 Å². The van der Waals surface area contributed by atoms with Crippen molar-refractivity contribution in [1.29, 1.82) is 0 Å². The molecule has 0 unspecified atom stereocenters. The Labute approximate surface area is 119 Å². The Kier molecular flexibility index (Phi) is 4.48. The van der Waals surface area contributed by atoms with Crippen molar-refractivity contribution in [2.75, 3.05) is 13.1 Å². The summed E-state index contributed by atoms with van der Waals surface area (Å²) in [6.45, 7) is 4.55. The number of carboxylic acids is 1. The maximum atomic E-state index is 11.4. The Bertz CT molecular complexity index is 436. The molecule has 0 radical (unpaired) electrons. The minimum atomic E-state index is -0.638. The van der Waals surface area contributed by atoms with Gasteiger partial charge < -0.3 is 5.11 Å². The number of benzene rings is 1. The number of nitrogens with zero attached hydrogens (tertiary/aromatic N) is 1. The summed E-state index contributed by atoms with van der Waals surface area (Å²) >= 11 is 5.87. The van der Waals surface area contributed by atoms with Crippen LogP contribution in [0.3, 0.4) is 0 Å². The van der Waals surface area contributed by atoms with Gasteiger partial charge in [-0.1, -0.05) is 30.7 Å². The zero-order valence-corrected chi connectivity index (χ0v) is 12.0. The molecule has 1 heterocycles. The highest BCUT2D eigenvalue weighted by molar-refractivity contribution is 6.30. The normalized spacial score (nSPS) is 19.3. The zero-order chi connectivity index (χ0) is 13.9. The predicted octanol–water partition coefficient (Wildman–Crippen LogP) is 3.42. The summed E-state index contributed by atoms with van der Waals surface area (Å²) in [5.41, 5.74) is 0.722. The summed E-state index contributed by atoms with van der Waals surface area (Å²) in [5.74, 6) is -0.638. The third kappa shape index (κ3) is 3.28. The summed E-state index contributed by atoms with van der Waals surface area (Å²) < 4.78 is 0. The Hall–Kier alpha value is -1.06. The third-order valence-electron chi connectivity index (χ3n) is 4.26. The van der Waals surface area contributed by atoms with Crippen molar-refractivity contribution in [3.05, 3.63) is 34.9 Å². The number of rotatable bonds is 4. The van der Waals surface area contributed by atoms with Gasteiger partial charge in [0, 0.05) is 11.6 Å². The van der Waals surface area contributed by atoms with E-state index in [1.54, 1.807) is 0 Å². The van der Waals surface area contributed by atoms with E-state index in [4.69, 9.17) is 11.6 Å². The first-order chi connectivity index (χ1) is 9.05. The minimum Gasteiger partial charge on any atom is -0.481 e. The Morgan fingerprint density at radius 1 is 1.32 bits per heavy atom. The number of carbonyl (C=O) groups is 1. The van der Waals surface area contributed by atoms with Crippen LogP contribution in [-0.2, 0) is 11.3 Å². The van der Waals surface area contributed by atoms with Gasteiger partial charge in [0.2, 0.25) is 0 Å². The SMILES string of the molecule is CCC1(C(=O)O)CCN(Cc2ccc(Cl)cc2)CC1. The van der Waals surface area contributed by atoms with Crippen molar-refractivity contribution in [2.45, 2.75) is 32.7 Å². The van der Waals surface area contributed by atoms with Gasteiger partial charge in [0.25, 0.3) is 0 Å². The summed E-state index contributed by atoms with van der Waals surface area (Å²) in [7, 11) is 0. The van der Waals surface area contributed by atoms with Crippen LogP contribution < -0.4 is 0 Å². The number of hydrogen-bond donors (Lipinski definition) is 1. The first-order valence-electron chi connectivity index (χ1n) is 6.76. The topological polar surface area (TPSA) is 40.5 Å². The molecule has 1 aromatic carbocycles. The molecule has 19 heavy (non-hydrogen) atoms. The molecule has 2 rings (SSSR count). The fraction of sp³-hybridized carbons (Fsp3) is 0.533. The van der Waals surface area contributed by atoms with Crippen molar-refractivity contribution in [3.8, 4) is 0 Å². The molecule has 0 spiro atoms. The van der Waals surface area contributed by atoms with Gasteiger partial charge in [0.1, 0.15) is 0 Å². The van der Waals surface area contributed by atoms with Gasteiger partial charge in [-0.2, -0.15) is 0 Å². The highest BCUT2D eigenvalue weighted by Crippen LogP contribution is 2.35. The standard InChI is InChI=1S/C15H20ClNO2/c1-2-15(14(18)19)7-9-17(10-8-15)11-12-3-5-13(16)6-4-12/h3-6H,2,7-11H2,1H3,(H,18,19). The molecule has 1 fully saturated rings. The summed E-state index contributed by atoms with van der Waals surface area (Å²) in [6.07, 6.45) is 2.20. The average molecular weight is 282 g/mol. The Morgan fingerprint density at radius 3 is 2.37 bits per heavy atom. The molecule has 104 valence electrons. The van der Waals surface area contributed by atoms with Gasteiger partial charge in [-0.05, 0) is 50.0 Å². The highest BCUT2D eigenvalue weighted by atomic mass is 35.5. The van der Waals surface area contributed by atoms with Gasteiger partial charge in [0.05, 0.1) is 5.41 Å². The van der Waals surface area contributed by atoms with E-state index in [-0.39, 0.29) is 0 Å². The number of carboxylic acid groups (broad SMARTS) is 1. The number of piperidine rings is 1. The molecule has 0 aromatic heterocycles. The molecule has 0 bridgehead atoms. The van der Waals surface area contributed by atoms with Crippen molar-refractivity contribution in [2.24, 2.45) is 5.41 Å². The number of halogens is 1. The second-order valence-corrected chi connectivity index (χ2v) is 5.78. The van der Waals surface area contributed by atoms with E-state index in [9.17, 15) is 9.90 Å².